The molecule has 0 radical (unpaired) electrons. The van der Waals surface area contributed by atoms with Gasteiger partial charge in [-0.05, 0) is 63.1 Å². The Morgan fingerprint density at radius 1 is 1.20 bits per heavy atom. The van der Waals surface area contributed by atoms with Gasteiger partial charge in [0.05, 0.1) is 40.7 Å². The Hall–Kier alpha value is -3.66. The van der Waals surface area contributed by atoms with Crippen molar-refractivity contribution in [3.63, 3.8) is 0 Å². The molecule has 4 N–H and O–H groups in total. The number of ether oxygens (including phenoxy) is 2. The van der Waals surface area contributed by atoms with Crippen molar-refractivity contribution in [2.24, 2.45) is 11.1 Å². The molecule has 0 atom stereocenters. The molecule has 0 unspecified atom stereocenters. The van der Waals surface area contributed by atoms with Crippen LogP contribution in [0.3, 0.4) is 0 Å². The molecule has 3 aromatic heterocycles. The number of aromatic nitrogens is 3. The summed E-state index contributed by atoms with van der Waals surface area (Å²) in [6.45, 7) is 3.49. The van der Waals surface area contributed by atoms with Crippen LogP contribution in [-0.2, 0) is 0 Å². The van der Waals surface area contributed by atoms with Crippen LogP contribution in [-0.4, -0.2) is 55.9 Å². The standard InChI is InChI=1S/C25H29N5O5/c1-24(2,33)14-34-16-3-4-20-18(12-28-30(20)13-16)23(32)29-15-7-25(8-15)9-17(10-25)35-21-5-6-27-11-19(21)22(26)31/h3-6,11-13,15,17,33H,7-10,14H2,1-2H3,(H2,26,31)(H,29,32). The number of nitrogens with zero attached hydrogens (tertiary/aromatic N) is 3. The van der Waals surface area contributed by atoms with E-state index in [0.29, 0.717) is 22.6 Å². The molecule has 5 rings (SSSR count). The van der Waals surface area contributed by atoms with Crippen molar-refractivity contribution in [3.05, 3.63) is 54.1 Å². The highest BCUT2D eigenvalue weighted by molar-refractivity contribution is 6.00. The molecule has 10 nitrogen and oxygen atoms in total. The SMILES string of the molecule is CC(C)(O)COc1ccc2c(C(=O)NC3CC4(C3)CC(Oc3ccncc3C(N)=O)C4)cnn2c1. The molecule has 2 fully saturated rings. The normalized spacial score (nSPS) is 23.4. The number of fused-ring (bicyclic) bond motifs is 1. The number of amides is 2. The van der Waals surface area contributed by atoms with Gasteiger partial charge in [-0.25, -0.2) is 4.52 Å². The number of nitrogens with two attached hydrogens (primary N) is 1. The topological polar surface area (TPSA) is 141 Å². The van der Waals surface area contributed by atoms with Crippen molar-refractivity contribution < 1.29 is 24.2 Å². The van der Waals surface area contributed by atoms with Crippen LogP contribution in [0.4, 0.5) is 0 Å². The molecule has 2 aliphatic carbocycles. The van der Waals surface area contributed by atoms with Crippen LogP contribution in [0.5, 0.6) is 11.5 Å². The number of carbonyl (C=O) groups is 2. The van der Waals surface area contributed by atoms with E-state index in [1.165, 1.54) is 6.20 Å². The maximum absolute atomic E-state index is 12.9. The van der Waals surface area contributed by atoms with Gasteiger partial charge in [0, 0.05) is 18.4 Å². The van der Waals surface area contributed by atoms with Gasteiger partial charge in [-0.2, -0.15) is 5.10 Å². The molecule has 2 amide bonds. The van der Waals surface area contributed by atoms with Gasteiger partial charge in [-0.3, -0.25) is 14.6 Å². The number of pyridine rings is 2. The van der Waals surface area contributed by atoms with E-state index in [9.17, 15) is 14.7 Å². The zero-order valence-corrected chi connectivity index (χ0v) is 19.7. The highest BCUT2D eigenvalue weighted by Gasteiger charge is 2.54. The molecule has 3 aromatic rings. The molecule has 35 heavy (non-hydrogen) atoms. The summed E-state index contributed by atoms with van der Waals surface area (Å²) in [5.41, 5.74) is 6.11. The molecule has 2 aliphatic rings. The Kier molecular flexibility index (Phi) is 5.63. The van der Waals surface area contributed by atoms with Crippen LogP contribution in [0.1, 0.15) is 60.2 Å². The third kappa shape index (κ3) is 4.79. The third-order valence-electron chi connectivity index (χ3n) is 6.68. The molecular formula is C25H29N5O5. The fourth-order valence-corrected chi connectivity index (χ4v) is 5.01. The number of carbonyl (C=O) groups excluding carboxylic acids is 2. The van der Waals surface area contributed by atoms with E-state index >= 15 is 0 Å². The van der Waals surface area contributed by atoms with E-state index in [4.69, 9.17) is 15.2 Å². The fraction of sp³-hybridized carbons (Fsp3) is 0.440. The predicted molar refractivity (Wildman–Crippen MR) is 126 cm³/mol. The van der Waals surface area contributed by atoms with Gasteiger partial charge < -0.3 is 25.6 Å². The van der Waals surface area contributed by atoms with Gasteiger partial charge in [0.1, 0.15) is 18.1 Å². The van der Waals surface area contributed by atoms with Crippen molar-refractivity contribution in [2.75, 3.05) is 6.61 Å². The van der Waals surface area contributed by atoms with Crippen molar-refractivity contribution >= 4 is 17.3 Å². The molecule has 0 bridgehead atoms. The lowest BCUT2D eigenvalue weighted by Gasteiger charge is -2.57. The predicted octanol–water partition coefficient (Wildman–Crippen LogP) is 2.10. The van der Waals surface area contributed by atoms with E-state index in [0.717, 1.165) is 25.7 Å². The summed E-state index contributed by atoms with van der Waals surface area (Å²) < 4.78 is 13.2. The monoisotopic (exact) mass is 479 g/mol. The van der Waals surface area contributed by atoms with Crippen LogP contribution >= 0.6 is 0 Å². The largest absolute Gasteiger partial charge is 0.489 e. The van der Waals surface area contributed by atoms with Crippen molar-refractivity contribution in [3.8, 4) is 11.5 Å². The molecule has 1 spiro atoms. The zero-order valence-electron chi connectivity index (χ0n) is 19.7. The lowest BCUT2D eigenvalue weighted by atomic mass is 9.53. The fourth-order valence-electron chi connectivity index (χ4n) is 5.01. The van der Waals surface area contributed by atoms with E-state index in [1.807, 2.05) is 0 Å². The number of primary amides is 1. The van der Waals surface area contributed by atoms with Gasteiger partial charge in [-0.15, -0.1) is 0 Å². The average Bonchev–Trinajstić information content (AvgIpc) is 3.17. The van der Waals surface area contributed by atoms with Crippen molar-refractivity contribution in [1.82, 2.24) is 19.9 Å². The Bertz CT molecular complexity index is 1270. The lowest BCUT2D eigenvalue weighted by Crippen LogP contribution is -2.58. The number of rotatable bonds is 8. The second-order valence-electron chi connectivity index (χ2n) is 10.3. The minimum Gasteiger partial charge on any atom is -0.489 e. The van der Waals surface area contributed by atoms with Crippen LogP contribution in [0, 0.1) is 5.41 Å². The molecule has 3 heterocycles. The highest BCUT2D eigenvalue weighted by Crippen LogP contribution is 2.56. The van der Waals surface area contributed by atoms with E-state index in [-0.39, 0.29) is 35.6 Å². The number of hydrogen-bond donors (Lipinski definition) is 3. The first-order valence-electron chi connectivity index (χ1n) is 11.6. The van der Waals surface area contributed by atoms with Gasteiger partial charge >= 0.3 is 0 Å². The molecule has 0 aromatic carbocycles. The highest BCUT2D eigenvalue weighted by atomic mass is 16.5. The number of nitrogens with one attached hydrogen (secondary N) is 1. The Labute approximate surface area is 202 Å². The smallest absolute Gasteiger partial charge is 0.255 e. The maximum Gasteiger partial charge on any atom is 0.255 e. The minimum atomic E-state index is -0.942. The van der Waals surface area contributed by atoms with Gasteiger partial charge in [-0.1, -0.05) is 0 Å². The van der Waals surface area contributed by atoms with Crippen LogP contribution in [0.15, 0.2) is 43.0 Å². The Balaban J connectivity index is 1.13. The van der Waals surface area contributed by atoms with Crippen molar-refractivity contribution in [2.45, 2.75) is 57.3 Å². The van der Waals surface area contributed by atoms with Crippen LogP contribution in [0.25, 0.3) is 5.52 Å². The third-order valence-corrected chi connectivity index (χ3v) is 6.68. The van der Waals surface area contributed by atoms with Crippen LogP contribution < -0.4 is 20.5 Å². The molecular weight excluding hydrogens is 450 g/mol. The van der Waals surface area contributed by atoms with Crippen LogP contribution in [0.2, 0.25) is 0 Å². The first-order valence-corrected chi connectivity index (χ1v) is 11.6. The molecule has 10 heteroatoms. The summed E-state index contributed by atoms with van der Waals surface area (Å²) in [6.07, 6.45) is 9.82. The molecule has 2 saturated carbocycles. The number of aliphatic hydroxyl groups is 1. The maximum atomic E-state index is 12.9. The Morgan fingerprint density at radius 2 is 1.97 bits per heavy atom. The van der Waals surface area contributed by atoms with Crippen molar-refractivity contribution in [1.29, 1.82) is 0 Å². The summed E-state index contributed by atoms with van der Waals surface area (Å²) in [7, 11) is 0. The second-order valence-corrected chi connectivity index (χ2v) is 10.3. The number of hydrogen-bond acceptors (Lipinski definition) is 7. The second kappa shape index (κ2) is 8.53. The van der Waals surface area contributed by atoms with E-state index < -0.39 is 11.5 Å². The van der Waals surface area contributed by atoms with Gasteiger partial charge in [0.25, 0.3) is 11.8 Å². The molecule has 0 aliphatic heterocycles. The Morgan fingerprint density at radius 3 is 2.69 bits per heavy atom. The molecule has 184 valence electrons. The zero-order chi connectivity index (χ0) is 24.8. The summed E-state index contributed by atoms with van der Waals surface area (Å²) in [6, 6.07) is 5.32. The lowest BCUT2D eigenvalue weighted by molar-refractivity contribution is -0.0834. The first-order chi connectivity index (χ1) is 16.6. The minimum absolute atomic E-state index is 0.0274. The molecule has 0 saturated heterocycles. The summed E-state index contributed by atoms with van der Waals surface area (Å²) in [4.78, 5) is 28.4. The quantitative estimate of drug-likeness (QED) is 0.449. The van der Waals surface area contributed by atoms with Gasteiger partial charge in [0.2, 0.25) is 0 Å². The first kappa shape index (κ1) is 23.1. The average molecular weight is 480 g/mol. The van der Waals surface area contributed by atoms with E-state index in [2.05, 4.69) is 15.4 Å². The summed E-state index contributed by atoms with van der Waals surface area (Å²) in [5.74, 6) is 0.324. The van der Waals surface area contributed by atoms with E-state index in [1.54, 1.807) is 55.2 Å². The summed E-state index contributed by atoms with van der Waals surface area (Å²) >= 11 is 0. The van der Waals surface area contributed by atoms with Gasteiger partial charge in [0.15, 0.2) is 0 Å². The summed E-state index contributed by atoms with van der Waals surface area (Å²) in [5, 5.41) is 17.2.